The third-order valence-electron chi connectivity index (χ3n) is 6.35. The Morgan fingerprint density at radius 2 is 1.75 bits per heavy atom. The Kier molecular flexibility index (Phi) is 11.2. The van der Waals surface area contributed by atoms with E-state index in [1.807, 2.05) is 30.3 Å². The van der Waals surface area contributed by atoms with Crippen LogP contribution in [-0.4, -0.2) is 61.5 Å². The number of non-ortho nitro benzene ring substituents is 1. The van der Waals surface area contributed by atoms with Crippen molar-refractivity contribution in [2.24, 2.45) is 0 Å². The van der Waals surface area contributed by atoms with Crippen molar-refractivity contribution in [1.29, 1.82) is 0 Å². The third-order valence-corrected chi connectivity index (χ3v) is 6.35. The van der Waals surface area contributed by atoms with Gasteiger partial charge in [0.1, 0.15) is 18.5 Å². The first-order chi connectivity index (χ1) is 19.2. The topological polar surface area (TPSA) is 149 Å². The first-order valence-corrected chi connectivity index (χ1v) is 13.0. The number of rotatable bonds is 14. The number of nitro groups is 1. The Morgan fingerprint density at radius 1 is 1.05 bits per heavy atom. The zero-order valence-corrected chi connectivity index (χ0v) is 22.8. The number of carbonyl (C=O) groups is 2. The van der Waals surface area contributed by atoms with Gasteiger partial charge < -0.3 is 30.0 Å². The maximum atomic E-state index is 13.3. The fourth-order valence-corrected chi connectivity index (χ4v) is 4.43. The highest BCUT2D eigenvalue weighted by molar-refractivity contribution is 5.99. The molecule has 11 heteroatoms. The van der Waals surface area contributed by atoms with Crippen LogP contribution in [0.25, 0.3) is 0 Å². The molecule has 1 heterocycles. The minimum Gasteiger partial charge on any atom is -0.491 e. The second-order valence-corrected chi connectivity index (χ2v) is 9.30. The van der Waals surface area contributed by atoms with Crippen molar-refractivity contribution in [1.82, 2.24) is 10.6 Å². The summed E-state index contributed by atoms with van der Waals surface area (Å²) in [4.78, 5) is 36.8. The predicted molar refractivity (Wildman–Crippen MR) is 147 cm³/mol. The van der Waals surface area contributed by atoms with Crippen molar-refractivity contribution in [2.75, 3.05) is 33.4 Å². The second-order valence-electron chi connectivity index (χ2n) is 9.30. The van der Waals surface area contributed by atoms with E-state index >= 15 is 0 Å². The molecule has 1 aliphatic rings. The number of hydrogen-bond donors (Lipinski definition) is 3. The van der Waals surface area contributed by atoms with Crippen LogP contribution in [0.4, 0.5) is 5.69 Å². The number of benzene rings is 2. The number of nitrogens with zero attached hydrogens (tertiary/aromatic N) is 1. The van der Waals surface area contributed by atoms with Crippen LogP contribution >= 0.6 is 0 Å². The minimum atomic E-state index is -0.901. The molecule has 0 saturated heterocycles. The van der Waals surface area contributed by atoms with Gasteiger partial charge in [0.25, 0.3) is 5.69 Å². The summed E-state index contributed by atoms with van der Waals surface area (Å²) in [5.74, 6) is -1.49. The third kappa shape index (κ3) is 8.14. The molecule has 0 amide bonds. The number of aliphatic hydroxyl groups excluding tert-OH is 1. The van der Waals surface area contributed by atoms with Gasteiger partial charge in [-0.05, 0) is 50.9 Å². The van der Waals surface area contributed by atoms with Crippen molar-refractivity contribution in [3.8, 4) is 5.75 Å². The van der Waals surface area contributed by atoms with Crippen molar-refractivity contribution < 1.29 is 33.8 Å². The summed E-state index contributed by atoms with van der Waals surface area (Å²) < 4.78 is 16.0. The van der Waals surface area contributed by atoms with Crippen LogP contribution in [0.3, 0.4) is 0 Å². The molecule has 0 aromatic heterocycles. The van der Waals surface area contributed by atoms with Crippen LogP contribution in [-0.2, 0) is 19.1 Å². The Bertz CT molecular complexity index is 1260. The smallest absolute Gasteiger partial charge is 0.336 e. The highest BCUT2D eigenvalue weighted by Gasteiger charge is 2.38. The Hall–Kier alpha value is -4.22. The van der Waals surface area contributed by atoms with Crippen molar-refractivity contribution >= 4 is 17.6 Å². The van der Waals surface area contributed by atoms with Gasteiger partial charge >= 0.3 is 11.9 Å². The first-order valence-electron chi connectivity index (χ1n) is 13.0. The number of allylic oxidation sites excluding steroid dienone is 2. The molecule has 0 unspecified atom stereocenters. The molecule has 3 rings (SSSR count). The number of aliphatic hydroxyl groups is 1. The van der Waals surface area contributed by atoms with Gasteiger partial charge in [0, 0.05) is 30.1 Å². The number of carbonyl (C=O) groups excluding carboxylic acids is 2. The van der Waals surface area contributed by atoms with E-state index in [-0.39, 0.29) is 30.0 Å². The average Bonchev–Trinajstić information content (AvgIpc) is 2.95. The number of dihydropyridines is 1. The Balaban J connectivity index is 1.55. The maximum Gasteiger partial charge on any atom is 0.336 e. The fourth-order valence-electron chi connectivity index (χ4n) is 4.43. The van der Waals surface area contributed by atoms with E-state index in [9.17, 15) is 24.8 Å². The molecule has 1 aliphatic heterocycles. The molecule has 2 aromatic rings. The fraction of sp³-hybridized carbons (Fsp3) is 0.379. The van der Waals surface area contributed by atoms with Gasteiger partial charge in [0.2, 0.25) is 0 Å². The molecule has 0 saturated carbocycles. The summed E-state index contributed by atoms with van der Waals surface area (Å²) in [5.41, 5.74) is 1.58. The second kappa shape index (κ2) is 14.8. The maximum absolute atomic E-state index is 13.3. The molecule has 0 radical (unpaired) electrons. The largest absolute Gasteiger partial charge is 0.491 e. The van der Waals surface area contributed by atoms with Gasteiger partial charge in [0.15, 0.2) is 0 Å². The SMILES string of the molecule is COC(=O)C1=C(C)NC(C)=C(C(=O)OCCCCNC[C@H](O)COc2ccccc2)[C@H]1c1cccc([N+](=O)[O-])c1. The predicted octanol–water partition coefficient (Wildman–Crippen LogP) is 3.36. The molecule has 0 aliphatic carbocycles. The molecule has 3 N–H and O–H groups in total. The van der Waals surface area contributed by atoms with Gasteiger partial charge in [-0.3, -0.25) is 10.1 Å². The summed E-state index contributed by atoms with van der Waals surface area (Å²) in [5, 5.41) is 27.7. The van der Waals surface area contributed by atoms with Crippen molar-refractivity contribution in [3.05, 3.63) is 92.8 Å². The number of nitrogens with one attached hydrogen (secondary N) is 2. The van der Waals surface area contributed by atoms with Crippen LogP contribution in [0.1, 0.15) is 38.2 Å². The number of nitro benzene ring substituents is 1. The minimum absolute atomic E-state index is 0.134. The summed E-state index contributed by atoms with van der Waals surface area (Å²) in [7, 11) is 1.24. The zero-order valence-electron chi connectivity index (χ0n) is 22.8. The lowest BCUT2D eigenvalue weighted by Gasteiger charge is -2.30. The van der Waals surface area contributed by atoms with Gasteiger partial charge in [0.05, 0.1) is 35.7 Å². The molecule has 0 bridgehead atoms. The molecular formula is C29H35N3O8. The number of ether oxygens (including phenoxy) is 3. The first kappa shape index (κ1) is 30.3. The van der Waals surface area contributed by atoms with E-state index in [2.05, 4.69) is 10.6 Å². The quantitative estimate of drug-likeness (QED) is 0.138. The number of esters is 2. The van der Waals surface area contributed by atoms with E-state index < -0.39 is 28.9 Å². The Labute approximate surface area is 233 Å². The van der Waals surface area contributed by atoms with E-state index in [0.717, 1.165) is 0 Å². The molecule has 2 atom stereocenters. The highest BCUT2D eigenvalue weighted by atomic mass is 16.6. The number of para-hydroxylation sites is 1. The van der Waals surface area contributed by atoms with E-state index in [1.165, 1.54) is 25.3 Å². The lowest BCUT2D eigenvalue weighted by Crippen LogP contribution is -2.32. The lowest BCUT2D eigenvalue weighted by atomic mass is 9.80. The van der Waals surface area contributed by atoms with E-state index in [0.29, 0.717) is 48.6 Å². The zero-order chi connectivity index (χ0) is 29.1. The lowest BCUT2D eigenvalue weighted by molar-refractivity contribution is -0.384. The molecular weight excluding hydrogens is 518 g/mol. The van der Waals surface area contributed by atoms with Gasteiger partial charge in [-0.15, -0.1) is 0 Å². The van der Waals surface area contributed by atoms with Crippen molar-refractivity contribution in [2.45, 2.75) is 38.7 Å². The number of unbranched alkanes of at least 4 members (excludes halogenated alkanes) is 1. The van der Waals surface area contributed by atoms with Crippen LogP contribution in [0, 0.1) is 10.1 Å². The van der Waals surface area contributed by atoms with E-state index in [1.54, 1.807) is 19.9 Å². The molecule has 0 spiro atoms. The normalized spacial score (nSPS) is 15.8. The van der Waals surface area contributed by atoms with Gasteiger partial charge in [-0.2, -0.15) is 0 Å². The summed E-state index contributed by atoms with van der Waals surface area (Å²) in [6.45, 7) is 4.64. The molecule has 40 heavy (non-hydrogen) atoms. The molecule has 11 nitrogen and oxygen atoms in total. The number of hydrogen-bond acceptors (Lipinski definition) is 10. The molecule has 2 aromatic carbocycles. The van der Waals surface area contributed by atoms with Crippen LogP contribution in [0.15, 0.2) is 77.1 Å². The van der Waals surface area contributed by atoms with Crippen LogP contribution in [0.5, 0.6) is 5.75 Å². The number of methoxy groups -OCH3 is 1. The van der Waals surface area contributed by atoms with Crippen LogP contribution < -0.4 is 15.4 Å². The van der Waals surface area contributed by atoms with Gasteiger partial charge in [-0.25, -0.2) is 9.59 Å². The van der Waals surface area contributed by atoms with Crippen molar-refractivity contribution in [3.63, 3.8) is 0 Å². The van der Waals surface area contributed by atoms with Crippen LogP contribution in [0.2, 0.25) is 0 Å². The summed E-state index contributed by atoms with van der Waals surface area (Å²) >= 11 is 0. The summed E-state index contributed by atoms with van der Waals surface area (Å²) in [6.07, 6.45) is 0.587. The van der Waals surface area contributed by atoms with E-state index in [4.69, 9.17) is 14.2 Å². The monoisotopic (exact) mass is 553 g/mol. The molecule has 0 fully saturated rings. The molecule has 214 valence electrons. The average molecular weight is 554 g/mol. The van der Waals surface area contributed by atoms with Gasteiger partial charge in [-0.1, -0.05) is 30.3 Å². The Morgan fingerprint density at radius 3 is 2.42 bits per heavy atom. The summed E-state index contributed by atoms with van der Waals surface area (Å²) in [6, 6.07) is 15.1. The highest BCUT2D eigenvalue weighted by Crippen LogP contribution is 2.40. The standard InChI is InChI=1S/C29H35N3O8/c1-19-25(28(34)38-3)27(21-10-9-11-22(16-21)32(36)37)26(20(2)31-19)29(35)39-15-8-7-14-30-17-23(33)18-40-24-12-5-4-6-13-24/h4-6,9-13,16,23,27,30-31,33H,7-8,14-15,17-18H2,1-3H3/t23-,27-/m0/s1.